The molecule has 4 rings (SSSR count). The van der Waals surface area contributed by atoms with E-state index in [1.165, 1.54) is 0 Å². The van der Waals surface area contributed by atoms with Crippen molar-refractivity contribution < 1.29 is 17.9 Å². The molecule has 1 amide bonds. The topological polar surface area (TPSA) is 63.7 Å². The number of piperidine rings is 1. The van der Waals surface area contributed by atoms with E-state index in [-0.39, 0.29) is 18.6 Å². The number of nitrogens with zero attached hydrogens (tertiary/aromatic N) is 1. The molecule has 4 unspecified atom stereocenters. The zero-order chi connectivity index (χ0) is 18.0. The minimum atomic E-state index is -3.51. The highest BCUT2D eigenvalue weighted by molar-refractivity contribution is 7.92. The molecule has 6 heteroatoms. The fourth-order valence-corrected chi connectivity index (χ4v) is 6.00. The standard InChI is InChI=1S/C19H25NO4S/c1-3-8-16-14-11-12-17(20(16)19(21)24-4-2)18(13-14)25(22,23)15-9-6-5-7-10-15/h5-7,9-12,14,16-18H,3-4,8,13H2,1-2H3. The molecule has 2 bridgehead atoms. The second-order valence-electron chi connectivity index (χ2n) is 6.63. The summed E-state index contributed by atoms with van der Waals surface area (Å²) in [5.41, 5.74) is 0. The smallest absolute Gasteiger partial charge is 0.410 e. The van der Waals surface area contributed by atoms with Crippen LogP contribution in [0.4, 0.5) is 4.79 Å². The monoisotopic (exact) mass is 363 g/mol. The van der Waals surface area contributed by atoms with Gasteiger partial charge in [-0.15, -0.1) is 0 Å². The molecule has 0 radical (unpaired) electrons. The molecule has 1 saturated heterocycles. The van der Waals surface area contributed by atoms with E-state index < -0.39 is 27.2 Å². The number of hydrogen-bond donors (Lipinski definition) is 0. The van der Waals surface area contributed by atoms with Crippen LogP contribution in [-0.4, -0.2) is 43.4 Å². The Morgan fingerprint density at radius 2 is 1.92 bits per heavy atom. The Morgan fingerprint density at radius 3 is 2.56 bits per heavy atom. The zero-order valence-electron chi connectivity index (χ0n) is 14.7. The fourth-order valence-electron chi connectivity index (χ4n) is 4.05. The SMILES string of the molecule is CCCC1C2C=CC(C(S(=O)(=O)c3ccccc3)C2)N1C(=O)OCC. The first-order valence-electron chi connectivity index (χ1n) is 8.93. The van der Waals surface area contributed by atoms with Crippen molar-refractivity contribution in [2.24, 2.45) is 5.92 Å². The third-order valence-corrected chi connectivity index (χ3v) is 7.34. The van der Waals surface area contributed by atoms with Crippen LogP contribution in [0.1, 0.15) is 33.1 Å². The number of carbonyl (C=O) groups is 1. The normalized spacial score (nSPS) is 28.2. The molecule has 2 heterocycles. The Kier molecular flexibility index (Phi) is 5.18. The van der Waals surface area contributed by atoms with Crippen molar-refractivity contribution in [1.29, 1.82) is 0 Å². The van der Waals surface area contributed by atoms with Gasteiger partial charge in [-0.1, -0.05) is 43.7 Å². The van der Waals surface area contributed by atoms with Crippen LogP contribution in [0.3, 0.4) is 0 Å². The van der Waals surface area contributed by atoms with Crippen LogP contribution in [-0.2, 0) is 14.6 Å². The number of sulfone groups is 1. The molecule has 2 aliphatic heterocycles. The maximum Gasteiger partial charge on any atom is 0.410 e. The largest absolute Gasteiger partial charge is 0.450 e. The van der Waals surface area contributed by atoms with Crippen molar-refractivity contribution in [1.82, 2.24) is 4.90 Å². The molecule has 25 heavy (non-hydrogen) atoms. The van der Waals surface area contributed by atoms with Crippen molar-refractivity contribution in [3.8, 4) is 0 Å². The number of amides is 1. The van der Waals surface area contributed by atoms with Gasteiger partial charge < -0.3 is 4.74 Å². The second-order valence-corrected chi connectivity index (χ2v) is 8.80. The summed E-state index contributed by atoms with van der Waals surface area (Å²) in [4.78, 5) is 14.5. The number of carbonyl (C=O) groups excluding carboxylic acids is 1. The third-order valence-electron chi connectivity index (χ3n) is 5.15. The Bertz CT molecular complexity index is 744. The summed E-state index contributed by atoms with van der Waals surface area (Å²) in [6, 6.07) is 8.06. The quantitative estimate of drug-likeness (QED) is 0.752. The van der Waals surface area contributed by atoms with E-state index in [0.29, 0.717) is 11.3 Å². The van der Waals surface area contributed by atoms with Crippen LogP contribution < -0.4 is 0 Å². The number of ether oxygens (including phenoxy) is 1. The molecule has 0 aromatic heterocycles. The molecule has 1 fully saturated rings. The number of fused-ring (bicyclic) bond motifs is 2. The van der Waals surface area contributed by atoms with Gasteiger partial charge in [-0.2, -0.15) is 0 Å². The molecule has 0 saturated carbocycles. The highest BCUT2D eigenvalue weighted by Gasteiger charge is 2.51. The van der Waals surface area contributed by atoms with E-state index in [4.69, 9.17) is 4.74 Å². The van der Waals surface area contributed by atoms with Gasteiger partial charge in [-0.25, -0.2) is 13.2 Å². The lowest BCUT2D eigenvalue weighted by molar-refractivity contribution is 0.0376. The van der Waals surface area contributed by atoms with Gasteiger partial charge in [0, 0.05) is 6.04 Å². The van der Waals surface area contributed by atoms with Crippen molar-refractivity contribution in [2.75, 3.05) is 6.61 Å². The molecule has 3 aliphatic rings. The van der Waals surface area contributed by atoms with Gasteiger partial charge in [0.15, 0.2) is 9.84 Å². The van der Waals surface area contributed by atoms with Gasteiger partial charge in [-0.05, 0) is 37.8 Å². The predicted octanol–water partition coefficient (Wildman–Crippen LogP) is 3.41. The Labute approximate surface area is 149 Å². The summed E-state index contributed by atoms with van der Waals surface area (Å²) in [6.45, 7) is 4.13. The lowest BCUT2D eigenvalue weighted by Crippen LogP contribution is -2.62. The van der Waals surface area contributed by atoms with Crippen LogP contribution in [0.15, 0.2) is 47.4 Å². The first-order valence-corrected chi connectivity index (χ1v) is 10.5. The summed E-state index contributed by atoms with van der Waals surface area (Å²) in [7, 11) is -3.51. The van der Waals surface area contributed by atoms with E-state index in [1.54, 1.807) is 42.2 Å². The Hall–Kier alpha value is -1.82. The summed E-state index contributed by atoms with van der Waals surface area (Å²) in [6.07, 6.45) is 5.89. The van der Waals surface area contributed by atoms with Gasteiger partial charge in [0.1, 0.15) is 0 Å². The zero-order valence-corrected chi connectivity index (χ0v) is 15.5. The third kappa shape index (κ3) is 3.19. The first kappa shape index (κ1) is 18.0. The molecular weight excluding hydrogens is 338 g/mol. The lowest BCUT2D eigenvalue weighted by atomic mass is 9.78. The van der Waals surface area contributed by atoms with E-state index in [0.717, 1.165) is 12.8 Å². The maximum atomic E-state index is 13.2. The number of hydrogen-bond acceptors (Lipinski definition) is 4. The average Bonchev–Trinajstić information content (AvgIpc) is 2.63. The minimum absolute atomic E-state index is 0.0151. The van der Waals surface area contributed by atoms with Gasteiger partial charge in [-0.3, -0.25) is 4.90 Å². The highest BCUT2D eigenvalue weighted by atomic mass is 32.2. The summed E-state index contributed by atoms with van der Waals surface area (Å²) < 4.78 is 31.5. The number of benzene rings is 1. The van der Waals surface area contributed by atoms with Gasteiger partial charge in [0.2, 0.25) is 0 Å². The summed E-state index contributed by atoms with van der Waals surface area (Å²) in [5, 5.41) is -0.623. The predicted molar refractivity (Wildman–Crippen MR) is 96.0 cm³/mol. The van der Waals surface area contributed by atoms with Crippen LogP contribution in [0.5, 0.6) is 0 Å². The van der Waals surface area contributed by atoms with Crippen LogP contribution in [0.2, 0.25) is 0 Å². The minimum Gasteiger partial charge on any atom is -0.450 e. The molecular formula is C19H25NO4S. The molecule has 1 aromatic carbocycles. The molecule has 1 aliphatic carbocycles. The van der Waals surface area contributed by atoms with E-state index >= 15 is 0 Å². The average molecular weight is 363 g/mol. The molecule has 5 nitrogen and oxygen atoms in total. The number of rotatable bonds is 5. The Balaban J connectivity index is 1.97. The maximum absolute atomic E-state index is 13.2. The Morgan fingerprint density at radius 1 is 1.20 bits per heavy atom. The van der Waals surface area contributed by atoms with Crippen LogP contribution in [0, 0.1) is 5.92 Å². The molecule has 1 aromatic rings. The molecule has 4 atom stereocenters. The second kappa shape index (κ2) is 7.20. The molecule has 0 spiro atoms. The van der Waals surface area contributed by atoms with Gasteiger partial charge >= 0.3 is 6.09 Å². The van der Waals surface area contributed by atoms with Crippen molar-refractivity contribution in [2.45, 2.75) is 55.3 Å². The van der Waals surface area contributed by atoms with Gasteiger partial charge in [0.05, 0.1) is 22.8 Å². The summed E-state index contributed by atoms with van der Waals surface area (Å²) >= 11 is 0. The van der Waals surface area contributed by atoms with Crippen LogP contribution in [0.25, 0.3) is 0 Å². The first-order chi connectivity index (χ1) is 12.0. The van der Waals surface area contributed by atoms with E-state index in [9.17, 15) is 13.2 Å². The van der Waals surface area contributed by atoms with Crippen molar-refractivity contribution in [3.63, 3.8) is 0 Å². The fraction of sp³-hybridized carbons (Fsp3) is 0.526. The highest BCUT2D eigenvalue weighted by Crippen LogP contribution is 2.41. The lowest BCUT2D eigenvalue weighted by Gasteiger charge is -2.50. The molecule has 136 valence electrons. The summed E-state index contributed by atoms with van der Waals surface area (Å²) in [5.74, 6) is 0.0536. The van der Waals surface area contributed by atoms with Crippen molar-refractivity contribution >= 4 is 15.9 Å². The van der Waals surface area contributed by atoms with E-state index in [1.807, 2.05) is 6.08 Å². The molecule has 0 N–H and O–H groups in total. The van der Waals surface area contributed by atoms with Gasteiger partial charge in [0.25, 0.3) is 0 Å². The van der Waals surface area contributed by atoms with Crippen molar-refractivity contribution in [3.05, 3.63) is 42.5 Å². The van der Waals surface area contributed by atoms with Crippen LogP contribution >= 0.6 is 0 Å². The van der Waals surface area contributed by atoms with E-state index in [2.05, 4.69) is 13.0 Å².